The molecule has 2 bridgehead atoms. The third kappa shape index (κ3) is 2.09. The van der Waals surface area contributed by atoms with E-state index in [4.69, 9.17) is 0 Å². The topological polar surface area (TPSA) is 41.1 Å². The van der Waals surface area contributed by atoms with Crippen molar-refractivity contribution in [1.82, 2.24) is 10.6 Å². The van der Waals surface area contributed by atoms with Crippen LogP contribution in [0.3, 0.4) is 0 Å². The zero-order chi connectivity index (χ0) is 13.7. The van der Waals surface area contributed by atoms with Crippen LogP contribution in [0.4, 0.5) is 0 Å². The molecular formula is C17H28N2O. The molecule has 0 aromatic heterocycles. The van der Waals surface area contributed by atoms with Crippen molar-refractivity contribution in [3.63, 3.8) is 0 Å². The second-order valence-electron chi connectivity index (χ2n) is 7.88. The summed E-state index contributed by atoms with van der Waals surface area (Å²) in [7, 11) is 0. The summed E-state index contributed by atoms with van der Waals surface area (Å²) >= 11 is 0. The summed E-state index contributed by atoms with van der Waals surface area (Å²) in [6.45, 7) is 3.30. The van der Waals surface area contributed by atoms with Gasteiger partial charge in [-0.2, -0.15) is 0 Å². The van der Waals surface area contributed by atoms with Gasteiger partial charge in [0.2, 0.25) is 5.91 Å². The molecule has 3 aliphatic carbocycles. The van der Waals surface area contributed by atoms with Gasteiger partial charge >= 0.3 is 0 Å². The lowest BCUT2D eigenvalue weighted by Crippen LogP contribution is -2.49. The molecule has 112 valence electrons. The minimum absolute atomic E-state index is 0.101. The van der Waals surface area contributed by atoms with Crippen LogP contribution in [0.15, 0.2) is 0 Å². The monoisotopic (exact) mass is 276 g/mol. The fraction of sp³-hybridized carbons (Fsp3) is 0.941. The van der Waals surface area contributed by atoms with E-state index in [1.807, 2.05) is 0 Å². The van der Waals surface area contributed by atoms with E-state index in [0.29, 0.717) is 12.0 Å². The number of rotatable bonds is 3. The first-order valence-electron chi connectivity index (χ1n) is 8.76. The highest BCUT2D eigenvalue weighted by Crippen LogP contribution is 2.49. The molecule has 0 radical (unpaired) electrons. The minimum atomic E-state index is 0.101. The average Bonchev–Trinajstić information content (AvgIpc) is 3.17. The van der Waals surface area contributed by atoms with Crippen LogP contribution in [0.1, 0.15) is 51.9 Å². The predicted octanol–water partition coefficient (Wildman–Crippen LogP) is 2.32. The highest BCUT2D eigenvalue weighted by atomic mass is 16.2. The van der Waals surface area contributed by atoms with Crippen molar-refractivity contribution in [3.8, 4) is 0 Å². The maximum atomic E-state index is 12.6. The molecule has 3 saturated carbocycles. The van der Waals surface area contributed by atoms with Crippen LogP contribution < -0.4 is 10.6 Å². The van der Waals surface area contributed by atoms with Gasteiger partial charge in [0.15, 0.2) is 0 Å². The summed E-state index contributed by atoms with van der Waals surface area (Å²) in [4.78, 5) is 12.6. The van der Waals surface area contributed by atoms with Gasteiger partial charge in [0, 0.05) is 6.04 Å². The first-order chi connectivity index (χ1) is 9.72. The second kappa shape index (κ2) is 5.01. The zero-order valence-electron chi connectivity index (χ0n) is 12.6. The Labute approximate surface area is 122 Å². The van der Waals surface area contributed by atoms with E-state index in [0.717, 1.165) is 30.2 Å². The summed E-state index contributed by atoms with van der Waals surface area (Å²) in [5.74, 6) is 4.28. The maximum absolute atomic E-state index is 12.6. The SMILES string of the molecule is CC(NC(=O)C1NCC2CCCC21)C1CC2CCC1C2. The lowest BCUT2D eigenvalue weighted by atomic mass is 9.83. The zero-order valence-corrected chi connectivity index (χ0v) is 12.6. The average molecular weight is 276 g/mol. The Morgan fingerprint density at radius 1 is 1.15 bits per heavy atom. The lowest BCUT2D eigenvalue weighted by molar-refractivity contribution is -0.124. The van der Waals surface area contributed by atoms with Crippen LogP contribution >= 0.6 is 0 Å². The van der Waals surface area contributed by atoms with Gasteiger partial charge in [0.25, 0.3) is 0 Å². The molecule has 7 atom stereocenters. The van der Waals surface area contributed by atoms with Gasteiger partial charge in [-0.3, -0.25) is 4.79 Å². The van der Waals surface area contributed by atoms with Gasteiger partial charge in [-0.15, -0.1) is 0 Å². The van der Waals surface area contributed by atoms with E-state index in [-0.39, 0.29) is 11.9 Å². The Hall–Kier alpha value is -0.570. The Morgan fingerprint density at radius 3 is 2.80 bits per heavy atom. The van der Waals surface area contributed by atoms with Crippen LogP contribution in [-0.4, -0.2) is 24.5 Å². The molecule has 7 unspecified atom stereocenters. The molecule has 3 heteroatoms. The summed E-state index contributed by atoms with van der Waals surface area (Å²) in [6, 6.07) is 0.476. The van der Waals surface area contributed by atoms with Crippen LogP contribution in [0, 0.1) is 29.6 Å². The highest BCUT2D eigenvalue weighted by Gasteiger charge is 2.45. The van der Waals surface area contributed by atoms with Crippen molar-refractivity contribution in [2.75, 3.05) is 6.54 Å². The van der Waals surface area contributed by atoms with Crippen LogP contribution in [0.25, 0.3) is 0 Å². The molecular weight excluding hydrogens is 248 g/mol. The third-order valence-corrected chi connectivity index (χ3v) is 6.83. The van der Waals surface area contributed by atoms with Gasteiger partial charge in [-0.05, 0) is 75.2 Å². The molecule has 4 rings (SSSR count). The molecule has 1 heterocycles. The van der Waals surface area contributed by atoms with Crippen molar-refractivity contribution in [2.24, 2.45) is 29.6 Å². The van der Waals surface area contributed by atoms with Crippen LogP contribution in [0.2, 0.25) is 0 Å². The molecule has 1 saturated heterocycles. The standard InChI is InChI=1S/C17H28N2O/c1-10(15-8-11-5-6-12(15)7-11)19-17(20)16-14-4-2-3-13(14)9-18-16/h10-16,18H,2-9H2,1H3,(H,19,20). The lowest BCUT2D eigenvalue weighted by Gasteiger charge is -2.30. The number of amides is 1. The first kappa shape index (κ1) is 13.1. The Kier molecular flexibility index (Phi) is 3.29. The smallest absolute Gasteiger partial charge is 0.237 e. The number of fused-ring (bicyclic) bond motifs is 3. The highest BCUT2D eigenvalue weighted by molar-refractivity contribution is 5.82. The predicted molar refractivity (Wildman–Crippen MR) is 79.2 cm³/mol. The van der Waals surface area contributed by atoms with E-state index >= 15 is 0 Å². The molecule has 0 aromatic carbocycles. The van der Waals surface area contributed by atoms with Crippen LogP contribution in [-0.2, 0) is 4.79 Å². The molecule has 3 nitrogen and oxygen atoms in total. The fourth-order valence-electron chi connectivity index (χ4n) is 5.80. The maximum Gasteiger partial charge on any atom is 0.237 e. The fourth-order valence-corrected chi connectivity index (χ4v) is 5.80. The summed E-state index contributed by atoms with van der Waals surface area (Å²) in [5.41, 5.74) is 0. The Balaban J connectivity index is 1.35. The number of carbonyl (C=O) groups is 1. The van der Waals surface area contributed by atoms with Gasteiger partial charge in [-0.1, -0.05) is 12.8 Å². The van der Waals surface area contributed by atoms with Crippen molar-refractivity contribution in [3.05, 3.63) is 0 Å². The molecule has 1 amide bonds. The quantitative estimate of drug-likeness (QED) is 0.830. The van der Waals surface area contributed by atoms with Crippen molar-refractivity contribution in [1.29, 1.82) is 0 Å². The van der Waals surface area contributed by atoms with Gasteiger partial charge < -0.3 is 10.6 Å². The van der Waals surface area contributed by atoms with Crippen LogP contribution in [0.5, 0.6) is 0 Å². The van der Waals surface area contributed by atoms with Crippen molar-refractivity contribution < 1.29 is 4.79 Å². The van der Waals surface area contributed by atoms with Gasteiger partial charge in [-0.25, -0.2) is 0 Å². The number of carbonyl (C=O) groups excluding carboxylic acids is 1. The van der Waals surface area contributed by atoms with Gasteiger partial charge in [0.1, 0.15) is 0 Å². The molecule has 0 spiro atoms. The summed E-state index contributed by atoms with van der Waals surface area (Å²) in [5, 5.41) is 6.84. The Bertz CT molecular complexity index is 396. The molecule has 20 heavy (non-hydrogen) atoms. The second-order valence-corrected chi connectivity index (χ2v) is 7.88. The van der Waals surface area contributed by atoms with E-state index in [1.165, 1.54) is 44.9 Å². The number of hydrogen-bond acceptors (Lipinski definition) is 2. The van der Waals surface area contributed by atoms with E-state index in [9.17, 15) is 4.79 Å². The number of nitrogens with one attached hydrogen (secondary N) is 2. The molecule has 1 aliphatic heterocycles. The minimum Gasteiger partial charge on any atom is -0.352 e. The van der Waals surface area contributed by atoms with Gasteiger partial charge in [0.05, 0.1) is 6.04 Å². The largest absolute Gasteiger partial charge is 0.352 e. The van der Waals surface area contributed by atoms with Crippen molar-refractivity contribution >= 4 is 5.91 Å². The normalized spacial score (nSPS) is 47.5. The Morgan fingerprint density at radius 2 is 2.05 bits per heavy atom. The third-order valence-electron chi connectivity index (χ3n) is 6.83. The number of hydrogen-bond donors (Lipinski definition) is 2. The summed E-state index contributed by atoms with van der Waals surface area (Å²) in [6.07, 6.45) is 9.52. The molecule has 2 N–H and O–H groups in total. The molecule has 4 fully saturated rings. The van der Waals surface area contributed by atoms with E-state index in [2.05, 4.69) is 17.6 Å². The van der Waals surface area contributed by atoms with Crippen molar-refractivity contribution in [2.45, 2.75) is 64.0 Å². The summed E-state index contributed by atoms with van der Waals surface area (Å²) < 4.78 is 0. The molecule has 4 aliphatic rings. The van der Waals surface area contributed by atoms with E-state index < -0.39 is 0 Å². The van der Waals surface area contributed by atoms with E-state index in [1.54, 1.807) is 0 Å². The molecule has 0 aromatic rings. The first-order valence-corrected chi connectivity index (χ1v) is 8.76.